The number of rotatable bonds is 6. The highest BCUT2D eigenvalue weighted by Crippen LogP contribution is 2.33. The Bertz CT molecular complexity index is 1010. The van der Waals surface area contributed by atoms with Gasteiger partial charge in [-0.05, 0) is 49.2 Å². The van der Waals surface area contributed by atoms with E-state index in [0.29, 0.717) is 24.2 Å². The molecule has 4 amide bonds. The number of urea groups is 1. The van der Waals surface area contributed by atoms with E-state index in [0.717, 1.165) is 4.90 Å². The summed E-state index contributed by atoms with van der Waals surface area (Å²) in [5.41, 5.74) is 1.06. The molecule has 2 heterocycles. The van der Waals surface area contributed by atoms with Crippen molar-refractivity contribution in [2.45, 2.75) is 13.3 Å². The number of carbonyl (C=O) groups is 3. The summed E-state index contributed by atoms with van der Waals surface area (Å²) < 4.78 is 5.44. The Labute approximate surface area is 167 Å². The maximum absolute atomic E-state index is 12.9. The average Bonchev–Trinajstić information content (AvgIpc) is 2.69. The van der Waals surface area contributed by atoms with Crippen LogP contribution >= 0.6 is 0 Å². The number of aromatic nitrogens is 1. The van der Waals surface area contributed by atoms with Gasteiger partial charge in [0.15, 0.2) is 11.5 Å². The quantitative estimate of drug-likeness (QED) is 0.444. The number of carbonyl (C=O) groups excluding carboxylic acids is 3. The zero-order valence-electron chi connectivity index (χ0n) is 15.7. The molecule has 0 radical (unpaired) electrons. The highest BCUT2D eigenvalue weighted by Gasteiger charge is 2.36. The molecular weight excluding hydrogens is 374 g/mol. The van der Waals surface area contributed by atoms with Crippen LogP contribution in [0.25, 0.3) is 6.08 Å². The lowest BCUT2D eigenvalue weighted by Crippen LogP contribution is -2.54. The van der Waals surface area contributed by atoms with E-state index in [-0.39, 0.29) is 22.8 Å². The molecule has 1 fully saturated rings. The largest absolute Gasteiger partial charge is 0.504 e. The molecule has 1 saturated heterocycles. The number of benzene rings is 1. The number of hydrogen-bond donors (Lipinski definition) is 2. The Morgan fingerprint density at radius 3 is 2.62 bits per heavy atom. The molecular formula is C21H19N3O5. The molecule has 0 bridgehead atoms. The van der Waals surface area contributed by atoms with E-state index in [1.807, 2.05) is 0 Å². The molecule has 2 aromatic rings. The number of nitrogens with one attached hydrogen (secondary N) is 1. The summed E-state index contributed by atoms with van der Waals surface area (Å²) in [7, 11) is 0. The molecule has 1 aromatic heterocycles. The summed E-state index contributed by atoms with van der Waals surface area (Å²) in [4.78, 5) is 42.1. The van der Waals surface area contributed by atoms with Crippen molar-refractivity contribution < 1.29 is 24.2 Å². The fourth-order valence-corrected chi connectivity index (χ4v) is 2.90. The number of hydrogen-bond acceptors (Lipinski definition) is 6. The number of anilines is 1. The summed E-state index contributed by atoms with van der Waals surface area (Å²) in [5.74, 6) is -1.37. The van der Waals surface area contributed by atoms with Crippen molar-refractivity contribution in [2.75, 3.05) is 11.5 Å². The van der Waals surface area contributed by atoms with Gasteiger partial charge in [-0.1, -0.05) is 6.08 Å². The average molecular weight is 393 g/mol. The minimum Gasteiger partial charge on any atom is -0.504 e. The predicted octanol–water partition coefficient (Wildman–Crippen LogP) is 2.58. The van der Waals surface area contributed by atoms with Crippen LogP contribution in [0.3, 0.4) is 0 Å². The molecule has 0 aliphatic carbocycles. The summed E-state index contributed by atoms with van der Waals surface area (Å²) in [6, 6.07) is 5.28. The van der Waals surface area contributed by atoms with Gasteiger partial charge in [-0.3, -0.25) is 19.9 Å². The number of phenolic OH excluding ortho intramolecular Hbond substituents is 1. The van der Waals surface area contributed by atoms with E-state index in [9.17, 15) is 19.5 Å². The number of allylic oxidation sites excluding steroid dienone is 1. The lowest BCUT2D eigenvalue weighted by atomic mass is 10.0. The molecule has 0 unspecified atom stereocenters. The number of barbiturate groups is 1. The van der Waals surface area contributed by atoms with Gasteiger partial charge in [-0.25, -0.2) is 9.69 Å². The molecule has 1 aliphatic rings. The molecule has 29 heavy (non-hydrogen) atoms. The van der Waals surface area contributed by atoms with Gasteiger partial charge in [-0.2, -0.15) is 0 Å². The molecule has 148 valence electrons. The van der Waals surface area contributed by atoms with Crippen molar-refractivity contribution in [3.63, 3.8) is 0 Å². The molecule has 3 rings (SSSR count). The summed E-state index contributed by atoms with van der Waals surface area (Å²) in [6.07, 6.45) is 6.21. The Morgan fingerprint density at radius 2 is 1.97 bits per heavy atom. The topological polar surface area (TPSA) is 109 Å². The maximum atomic E-state index is 12.9. The minimum absolute atomic E-state index is 0.0260. The molecule has 8 heteroatoms. The van der Waals surface area contributed by atoms with Crippen LogP contribution in [-0.4, -0.2) is 34.5 Å². The Balaban J connectivity index is 2.06. The number of imide groups is 2. The molecule has 8 nitrogen and oxygen atoms in total. The number of aromatic hydroxyl groups is 1. The SMILES string of the molecule is C=CCc1cc(/C=C2\C(=O)NC(=O)N(c3ccncc3)C2=O)cc(OCC)c1O. The van der Waals surface area contributed by atoms with Crippen LogP contribution in [0.5, 0.6) is 11.5 Å². The fraction of sp³-hybridized carbons (Fsp3) is 0.143. The molecule has 0 saturated carbocycles. The second-order valence-electron chi connectivity index (χ2n) is 6.12. The molecule has 1 aromatic carbocycles. The third-order valence-corrected chi connectivity index (χ3v) is 4.17. The van der Waals surface area contributed by atoms with E-state index in [2.05, 4.69) is 16.9 Å². The van der Waals surface area contributed by atoms with Crippen molar-refractivity contribution in [1.82, 2.24) is 10.3 Å². The first-order chi connectivity index (χ1) is 14.0. The van der Waals surface area contributed by atoms with Gasteiger partial charge in [0.1, 0.15) is 5.57 Å². The predicted molar refractivity (Wildman–Crippen MR) is 106 cm³/mol. The Hall–Kier alpha value is -3.94. The van der Waals surface area contributed by atoms with Crippen LogP contribution < -0.4 is 15.0 Å². The van der Waals surface area contributed by atoms with E-state index in [1.165, 1.54) is 36.7 Å². The van der Waals surface area contributed by atoms with Crippen LogP contribution in [0.1, 0.15) is 18.1 Å². The van der Waals surface area contributed by atoms with E-state index >= 15 is 0 Å². The first kappa shape index (κ1) is 19.8. The highest BCUT2D eigenvalue weighted by atomic mass is 16.5. The van der Waals surface area contributed by atoms with Gasteiger partial charge < -0.3 is 9.84 Å². The van der Waals surface area contributed by atoms with Crippen LogP contribution in [0.2, 0.25) is 0 Å². The van der Waals surface area contributed by atoms with Crippen molar-refractivity contribution in [2.24, 2.45) is 0 Å². The lowest BCUT2D eigenvalue weighted by molar-refractivity contribution is -0.122. The number of nitrogens with zero attached hydrogens (tertiary/aromatic N) is 2. The van der Waals surface area contributed by atoms with Gasteiger partial charge in [0.25, 0.3) is 11.8 Å². The minimum atomic E-state index is -0.837. The number of ether oxygens (including phenoxy) is 1. The summed E-state index contributed by atoms with van der Waals surface area (Å²) >= 11 is 0. The van der Waals surface area contributed by atoms with Crippen molar-refractivity contribution in [1.29, 1.82) is 0 Å². The number of pyridine rings is 1. The summed E-state index contributed by atoms with van der Waals surface area (Å²) in [6.45, 7) is 5.76. The second-order valence-corrected chi connectivity index (χ2v) is 6.12. The Kier molecular flexibility index (Phi) is 5.73. The monoisotopic (exact) mass is 393 g/mol. The van der Waals surface area contributed by atoms with Gasteiger partial charge in [0, 0.05) is 18.0 Å². The van der Waals surface area contributed by atoms with E-state index in [4.69, 9.17) is 4.74 Å². The zero-order valence-corrected chi connectivity index (χ0v) is 15.7. The van der Waals surface area contributed by atoms with Crippen LogP contribution in [0.4, 0.5) is 10.5 Å². The number of phenols is 1. The maximum Gasteiger partial charge on any atom is 0.335 e. The molecule has 2 N–H and O–H groups in total. The van der Waals surface area contributed by atoms with Gasteiger partial charge >= 0.3 is 6.03 Å². The first-order valence-electron chi connectivity index (χ1n) is 8.87. The van der Waals surface area contributed by atoms with Crippen molar-refractivity contribution >= 4 is 29.6 Å². The standard InChI is InChI=1S/C21H19N3O5/c1-3-5-14-10-13(12-17(18(14)25)29-4-2)11-16-19(26)23-21(28)24(20(16)27)15-6-8-22-9-7-15/h3,6-12,25H,1,4-5H2,2H3,(H,23,26,28)/b16-11+. The highest BCUT2D eigenvalue weighted by molar-refractivity contribution is 6.39. The number of amides is 4. The van der Waals surface area contributed by atoms with Gasteiger partial charge in [0.2, 0.25) is 0 Å². The first-order valence-corrected chi connectivity index (χ1v) is 8.87. The van der Waals surface area contributed by atoms with E-state index in [1.54, 1.807) is 19.1 Å². The van der Waals surface area contributed by atoms with Crippen molar-refractivity contribution in [3.8, 4) is 11.5 Å². The van der Waals surface area contributed by atoms with E-state index < -0.39 is 17.8 Å². The zero-order chi connectivity index (χ0) is 21.0. The fourth-order valence-electron chi connectivity index (χ4n) is 2.90. The summed E-state index contributed by atoms with van der Waals surface area (Å²) in [5, 5.41) is 12.5. The third-order valence-electron chi connectivity index (χ3n) is 4.17. The third kappa shape index (κ3) is 4.01. The van der Waals surface area contributed by atoms with Gasteiger partial charge in [-0.15, -0.1) is 6.58 Å². The molecule has 1 aliphatic heterocycles. The molecule has 0 atom stereocenters. The van der Waals surface area contributed by atoms with Crippen LogP contribution in [-0.2, 0) is 16.0 Å². The van der Waals surface area contributed by atoms with Gasteiger partial charge in [0.05, 0.1) is 12.3 Å². The molecule has 0 spiro atoms. The van der Waals surface area contributed by atoms with Crippen LogP contribution in [0, 0.1) is 0 Å². The second kappa shape index (κ2) is 8.39. The van der Waals surface area contributed by atoms with Crippen LogP contribution in [0.15, 0.2) is 54.9 Å². The van der Waals surface area contributed by atoms with Crippen molar-refractivity contribution in [3.05, 3.63) is 66.0 Å². The Morgan fingerprint density at radius 1 is 1.24 bits per heavy atom. The normalized spacial score (nSPS) is 15.4. The lowest BCUT2D eigenvalue weighted by Gasteiger charge is -2.26. The smallest absolute Gasteiger partial charge is 0.335 e.